The Morgan fingerprint density at radius 2 is 1.81 bits per heavy atom. The maximum absolute atomic E-state index is 12.8. The van der Waals surface area contributed by atoms with Gasteiger partial charge in [-0.1, -0.05) is 37.3 Å². The standard InChI is InChI=1S/C22H25N3O/c1-4-12-24-19-11-6-5-10-18(19)23-22(24)17-13-20(26)25(14-17)21-15(2)8-7-9-16(21)3/h5-11,17H,4,12-14H2,1-3H3/t17-/m0/s1. The number of imidazole rings is 1. The fraction of sp³-hybridized carbons (Fsp3) is 0.364. The fourth-order valence-corrected chi connectivity index (χ4v) is 4.19. The molecule has 0 spiro atoms. The van der Waals surface area contributed by atoms with Gasteiger partial charge in [-0.2, -0.15) is 0 Å². The summed E-state index contributed by atoms with van der Waals surface area (Å²) in [6, 6.07) is 14.5. The molecule has 2 heterocycles. The number of para-hydroxylation sites is 3. The summed E-state index contributed by atoms with van der Waals surface area (Å²) < 4.78 is 2.31. The van der Waals surface area contributed by atoms with Gasteiger partial charge in [-0.3, -0.25) is 4.79 Å². The Kier molecular flexibility index (Phi) is 4.27. The SMILES string of the molecule is CCCn1c([C@H]2CC(=O)N(c3c(C)cccc3C)C2)nc2ccccc21. The third-order valence-corrected chi connectivity index (χ3v) is 5.33. The summed E-state index contributed by atoms with van der Waals surface area (Å²) >= 11 is 0. The number of benzene rings is 2. The molecule has 0 radical (unpaired) electrons. The van der Waals surface area contributed by atoms with Crippen molar-refractivity contribution in [2.75, 3.05) is 11.4 Å². The molecule has 3 aromatic rings. The summed E-state index contributed by atoms with van der Waals surface area (Å²) in [5.41, 5.74) is 5.57. The van der Waals surface area contributed by atoms with Crippen molar-refractivity contribution in [3.63, 3.8) is 0 Å². The van der Waals surface area contributed by atoms with Gasteiger partial charge in [-0.15, -0.1) is 0 Å². The first-order valence-corrected chi connectivity index (χ1v) is 9.42. The van der Waals surface area contributed by atoms with E-state index in [1.165, 1.54) is 5.52 Å². The second kappa shape index (κ2) is 6.60. The first kappa shape index (κ1) is 16.8. The second-order valence-corrected chi connectivity index (χ2v) is 7.26. The topological polar surface area (TPSA) is 38.1 Å². The lowest BCUT2D eigenvalue weighted by Crippen LogP contribution is -2.26. The molecule has 1 saturated heterocycles. The molecule has 1 aliphatic heterocycles. The normalized spacial score (nSPS) is 17.4. The first-order valence-electron chi connectivity index (χ1n) is 9.42. The summed E-state index contributed by atoms with van der Waals surface area (Å²) in [6.07, 6.45) is 1.58. The summed E-state index contributed by atoms with van der Waals surface area (Å²) in [5.74, 6) is 1.39. The van der Waals surface area contributed by atoms with Gasteiger partial charge in [0.25, 0.3) is 0 Å². The maximum atomic E-state index is 12.8. The van der Waals surface area contributed by atoms with Gasteiger partial charge in [0.15, 0.2) is 0 Å². The van der Waals surface area contributed by atoms with Crippen molar-refractivity contribution in [1.82, 2.24) is 9.55 Å². The van der Waals surface area contributed by atoms with Crippen LogP contribution in [0.25, 0.3) is 11.0 Å². The number of aromatic nitrogens is 2. The van der Waals surface area contributed by atoms with Crippen LogP contribution in [0.15, 0.2) is 42.5 Å². The van der Waals surface area contributed by atoms with Crippen LogP contribution in [0.1, 0.15) is 42.6 Å². The van der Waals surface area contributed by atoms with Crippen molar-refractivity contribution in [1.29, 1.82) is 0 Å². The highest BCUT2D eigenvalue weighted by Crippen LogP contribution is 2.36. The molecule has 1 aromatic heterocycles. The van der Waals surface area contributed by atoms with Gasteiger partial charge in [-0.05, 0) is 43.5 Å². The predicted molar refractivity (Wildman–Crippen MR) is 106 cm³/mol. The van der Waals surface area contributed by atoms with Crippen LogP contribution >= 0.6 is 0 Å². The zero-order valence-electron chi connectivity index (χ0n) is 15.7. The third kappa shape index (κ3) is 2.70. The molecule has 0 unspecified atom stereocenters. The Bertz CT molecular complexity index is 952. The lowest BCUT2D eigenvalue weighted by Gasteiger charge is -2.21. The monoisotopic (exact) mass is 347 g/mol. The molecule has 134 valence electrons. The number of anilines is 1. The van der Waals surface area contributed by atoms with E-state index in [0.717, 1.165) is 41.1 Å². The van der Waals surface area contributed by atoms with E-state index in [1.54, 1.807) is 0 Å². The van der Waals surface area contributed by atoms with E-state index in [2.05, 4.69) is 55.7 Å². The van der Waals surface area contributed by atoms with Crippen LogP contribution in [-0.2, 0) is 11.3 Å². The first-order chi connectivity index (χ1) is 12.6. The third-order valence-electron chi connectivity index (χ3n) is 5.33. The second-order valence-electron chi connectivity index (χ2n) is 7.26. The number of carbonyl (C=O) groups excluding carboxylic acids is 1. The minimum atomic E-state index is 0.139. The van der Waals surface area contributed by atoms with E-state index < -0.39 is 0 Å². The molecule has 26 heavy (non-hydrogen) atoms. The number of rotatable bonds is 4. The highest BCUT2D eigenvalue weighted by molar-refractivity contribution is 5.98. The molecule has 4 heteroatoms. The molecule has 0 N–H and O–H groups in total. The number of hydrogen-bond acceptors (Lipinski definition) is 2. The zero-order valence-corrected chi connectivity index (χ0v) is 15.7. The number of amides is 1. The van der Waals surface area contributed by atoms with E-state index in [0.29, 0.717) is 13.0 Å². The van der Waals surface area contributed by atoms with Crippen LogP contribution in [0.3, 0.4) is 0 Å². The van der Waals surface area contributed by atoms with E-state index in [4.69, 9.17) is 4.98 Å². The van der Waals surface area contributed by atoms with Gasteiger partial charge in [-0.25, -0.2) is 4.98 Å². The Labute approximate surface area is 154 Å². The lowest BCUT2D eigenvalue weighted by molar-refractivity contribution is -0.117. The highest BCUT2D eigenvalue weighted by Gasteiger charge is 2.35. The number of carbonyl (C=O) groups is 1. The molecule has 1 atom stereocenters. The maximum Gasteiger partial charge on any atom is 0.227 e. The van der Waals surface area contributed by atoms with E-state index in [9.17, 15) is 4.79 Å². The van der Waals surface area contributed by atoms with Gasteiger partial charge in [0.1, 0.15) is 5.82 Å². The van der Waals surface area contributed by atoms with E-state index >= 15 is 0 Å². The molecular weight excluding hydrogens is 322 g/mol. The van der Waals surface area contributed by atoms with Gasteiger partial charge >= 0.3 is 0 Å². The van der Waals surface area contributed by atoms with Crippen molar-refractivity contribution in [3.05, 3.63) is 59.4 Å². The smallest absolute Gasteiger partial charge is 0.227 e. The molecule has 1 aliphatic rings. The highest BCUT2D eigenvalue weighted by atomic mass is 16.2. The lowest BCUT2D eigenvalue weighted by atomic mass is 10.1. The molecule has 0 aliphatic carbocycles. The van der Waals surface area contributed by atoms with Gasteiger partial charge in [0.2, 0.25) is 5.91 Å². The van der Waals surface area contributed by atoms with Gasteiger partial charge in [0, 0.05) is 31.1 Å². The van der Waals surface area contributed by atoms with Crippen molar-refractivity contribution in [2.24, 2.45) is 0 Å². The molecule has 4 rings (SSSR count). The van der Waals surface area contributed by atoms with E-state index in [1.807, 2.05) is 17.0 Å². The largest absolute Gasteiger partial charge is 0.328 e. The van der Waals surface area contributed by atoms with Crippen LogP contribution in [-0.4, -0.2) is 22.0 Å². The molecule has 4 nitrogen and oxygen atoms in total. The number of aryl methyl sites for hydroxylation is 3. The number of nitrogens with zero attached hydrogens (tertiary/aromatic N) is 3. The van der Waals surface area contributed by atoms with Crippen molar-refractivity contribution in [2.45, 2.75) is 46.1 Å². The molecule has 2 aromatic carbocycles. The van der Waals surface area contributed by atoms with Crippen molar-refractivity contribution >= 4 is 22.6 Å². The Morgan fingerprint density at radius 1 is 1.08 bits per heavy atom. The molecule has 0 bridgehead atoms. The van der Waals surface area contributed by atoms with Crippen molar-refractivity contribution < 1.29 is 4.79 Å². The van der Waals surface area contributed by atoms with Crippen LogP contribution in [0.4, 0.5) is 5.69 Å². The van der Waals surface area contributed by atoms with Crippen LogP contribution in [0.5, 0.6) is 0 Å². The minimum Gasteiger partial charge on any atom is -0.328 e. The summed E-state index contributed by atoms with van der Waals surface area (Å²) in [4.78, 5) is 19.7. The quantitative estimate of drug-likeness (QED) is 0.693. The average Bonchev–Trinajstić information content (AvgIpc) is 3.17. The summed E-state index contributed by atoms with van der Waals surface area (Å²) in [7, 11) is 0. The van der Waals surface area contributed by atoms with E-state index in [-0.39, 0.29) is 11.8 Å². The van der Waals surface area contributed by atoms with Gasteiger partial charge < -0.3 is 9.47 Å². The predicted octanol–water partition coefficient (Wildman–Crippen LogP) is 4.58. The molecule has 0 saturated carbocycles. The fourth-order valence-electron chi connectivity index (χ4n) is 4.19. The molecule has 1 fully saturated rings. The zero-order chi connectivity index (χ0) is 18.3. The van der Waals surface area contributed by atoms with Crippen LogP contribution in [0.2, 0.25) is 0 Å². The number of hydrogen-bond donors (Lipinski definition) is 0. The minimum absolute atomic E-state index is 0.139. The average molecular weight is 347 g/mol. The number of fused-ring (bicyclic) bond motifs is 1. The Hall–Kier alpha value is -2.62. The molecule has 1 amide bonds. The van der Waals surface area contributed by atoms with Crippen LogP contribution in [0, 0.1) is 13.8 Å². The molecular formula is C22H25N3O. The van der Waals surface area contributed by atoms with Crippen molar-refractivity contribution in [3.8, 4) is 0 Å². The Morgan fingerprint density at radius 3 is 2.54 bits per heavy atom. The van der Waals surface area contributed by atoms with Gasteiger partial charge in [0.05, 0.1) is 11.0 Å². The Balaban J connectivity index is 1.74. The van der Waals surface area contributed by atoms with Crippen LogP contribution < -0.4 is 4.90 Å². The summed E-state index contributed by atoms with van der Waals surface area (Å²) in [5, 5.41) is 0. The summed E-state index contributed by atoms with van der Waals surface area (Å²) in [6.45, 7) is 7.98.